The lowest BCUT2D eigenvalue weighted by atomic mass is 10.2. The predicted molar refractivity (Wildman–Crippen MR) is 117 cm³/mol. The van der Waals surface area contributed by atoms with Crippen LogP contribution in [0, 0.1) is 0 Å². The Labute approximate surface area is 177 Å². The summed E-state index contributed by atoms with van der Waals surface area (Å²) in [7, 11) is 0. The Morgan fingerprint density at radius 3 is 2.17 bits per heavy atom. The van der Waals surface area contributed by atoms with Crippen molar-refractivity contribution in [3.63, 3.8) is 0 Å². The van der Waals surface area contributed by atoms with Crippen molar-refractivity contribution < 1.29 is 14.3 Å². The molecule has 1 aromatic heterocycles. The number of esters is 1. The second-order valence-electron chi connectivity index (χ2n) is 7.15. The number of hydrogen-bond donors (Lipinski definition) is 0. The maximum Gasteiger partial charge on any atom is 0.306 e. The van der Waals surface area contributed by atoms with Crippen LogP contribution in [0.25, 0.3) is 0 Å². The summed E-state index contributed by atoms with van der Waals surface area (Å²) >= 11 is 0. The number of benzene rings is 2. The largest absolute Gasteiger partial charge is 0.466 e. The highest BCUT2D eigenvalue weighted by atomic mass is 16.5. The molecule has 0 unspecified atom stereocenters. The number of ether oxygens (including phenoxy) is 1. The van der Waals surface area contributed by atoms with Gasteiger partial charge in [-0.3, -0.25) is 9.59 Å². The molecule has 1 amide bonds. The maximum absolute atomic E-state index is 13.0. The van der Waals surface area contributed by atoms with E-state index in [1.807, 2.05) is 71.8 Å². The normalized spacial score (nSPS) is 10.6. The average Bonchev–Trinajstić information content (AvgIpc) is 3.20. The van der Waals surface area contributed by atoms with Crippen molar-refractivity contribution in [3.05, 3.63) is 95.8 Å². The van der Waals surface area contributed by atoms with E-state index in [4.69, 9.17) is 4.74 Å². The molecular formula is C25H28N2O3. The first-order chi connectivity index (χ1) is 14.7. The molecule has 0 fully saturated rings. The monoisotopic (exact) mass is 404 g/mol. The molecule has 0 aliphatic carbocycles. The summed E-state index contributed by atoms with van der Waals surface area (Å²) in [4.78, 5) is 26.5. The molecule has 2 aromatic carbocycles. The van der Waals surface area contributed by atoms with Crippen LogP contribution in [0.2, 0.25) is 0 Å². The number of hydrogen-bond acceptors (Lipinski definition) is 3. The van der Waals surface area contributed by atoms with Crippen molar-refractivity contribution in [2.45, 2.75) is 39.4 Å². The number of aromatic nitrogens is 1. The predicted octanol–water partition coefficient (Wildman–Crippen LogP) is 4.41. The van der Waals surface area contributed by atoms with Crippen molar-refractivity contribution in [1.29, 1.82) is 0 Å². The average molecular weight is 405 g/mol. The van der Waals surface area contributed by atoms with Gasteiger partial charge >= 0.3 is 5.97 Å². The molecule has 30 heavy (non-hydrogen) atoms. The molecule has 0 aliphatic rings. The molecular weight excluding hydrogens is 376 g/mol. The van der Waals surface area contributed by atoms with Crippen LogP contribution < -0.4 is 0 Å². The Hall–Kier alpha value is -3.34. The highest BCUT2D eigenvalue weighted by Crippen LogP contribution is 2.15. The molecule has 5 heteroatoms. The molecule has 0 spiro atoms. The quantitative estimate of drug-likeness (QED) is 0.471. The first-order valence-corrected chi connectivity index (χ1v) is 10.3. The lowest BCUT2D eigenvalue weighted by Gasteiger charge is -2.24. The molecule has 5 nitrogen and oxygen atoms in total. The van der Waals surface area contributed by atoms with Gasteiger partial charge in [0, 0.05) is 31.4 Å². The van der Waals surface area contributed by atoms with Crippen LogP contribution in [0.15, 0.2) is 79.0 Å². The first kappa shape index (κ1) is 21.4. The van der Waals surface area contributed by atoms with Crippen molar-refractivity contribution in [3.8, 4) is 0 Å². The topological polar surface area (TPSA) is 51.5 Å². The van der Waals surface area contributed by atoms with E-state index >= 15 is 0 Å². The van der Waals surface area contributed by atoms with Gasteiger partial charge < -0.3 is 14.2 Å². The highest BCUT2D eigenvalue weighted by molar-refractivity contribution is 5.81. The molecule has 0 saturated carbocycles. The number of nitrogens with zero attached hydrogens (tertiary/aromatic N) is 2. The van der Waals surface area contributed by atoms with Gasteiger partial charge in [0.25, 0.3) is 0 Å². The second-order valence-corrected chi connectivity index (χ2v) is 7.15. The minimum Gasteiger partial charge on any atom is -0.466 e. The van der Waals surface area contributed by atoms with Gasteiger partial charge in [-0.15, -0.1) is 0 Å². The standard InChI is InChI=1S/C25H28N2O3/c1-2-30-25(29)16-15-24(28)27(19-22-12-7-4-8-13-22)20-23-14-9-17-26(23)18-21-10-5-3-6-11-21/h3-14,17H,2,15-16,18-20H2,1H3. The van der Waals surface area contributed by atoms with E-state index in [0.29, 0.717) is 19.7 Å². The van der Waals surface area contributed by atoms with Crippen LogP contribution in [0.4, 0.5) is 0 Å². The van der Waals surface area contributed by atoms with Crippen LogP contribution in [0.1, 0.15) is 36.6 Å². The molecule has 0 atom stereocenters. The van der Waals surface area contributed by atoms with E-state index in [0.717, 1.165) is 17.8 Å². The zero-order valence-corrected chi connectivity index (χ0v) is 17.4. The highest BCUT2D eigenvalue weighted by Gasteiger charge is 2.18. The van der Waals surface area contributed by atoms with E-state index < -0.39 is 0 Å². The van der Waals surface area contributed by atoms with Gasteiger partial charge in [-0.1, -0.05) is 60.7 Å². The van der Waals surface area contributed by atoms with E-state index in [1.54, 1.807) is 6.92 Å². The van der Waals surface area contributed by atoms with E-state index in [2.05, 4.69) is 16.7 Å². The van der Waals surface area contributed by atoms with Crippen LogP contribution in [-0.2, 0) is 34.0 Å². The van der Waals surface area contributed by atoms with Gasteiger partial charge in [-0.05, 0) is 30.2 Å². The van der Waals surface area contributed by atoms with Crippen LogP contribution in [0.5, 0.6) is 0 Å². The molecule has 0 aliphatic heterocycles. The fraction of sp³-hybridized carbons (Fsp3) is 0.280. The smallest absolute Gasteiger partial charge is 0.306 e. The lowest BCUT2D eigenvalue weighted by Crippen LogP contribution is -2.31. The van der Waals surface area contributed by atoms with Gasteiger partial charge in [0.15, 0.2) is 0 Å². The first-order valence-electron chi connectivity index (χ1n) is 10.3. The molecule has 3 aromatic rings. The van der Waals surface area contributed by atoms with Gasteiger partial charge in [0.05, 0.1) is 19.6 Å². The minimum absolute atomic E-state index is 0.0561. The number of rotatable bonds is 10. The van der Waals surface area contributed by atoms with Crippen molar-refractivity contribution >= 4 is 11.9 Å². The Morgan fingerprint density at radius 1 is 0.833 bits per heavy atom. The molecule has 0 bridgehead atoms. The lowest BCUT2D eigenvalue weighted by molar-refractivity contribution is -0.146. The maximum atomic E-state index is 13.0. The molecule has 3 rings (SSSR count). The van der Waals surface area contributed by atoms with Gasteiger partial charge in [-0.2, -0.15) is 0 Å². The number of carbonyl (C=O) groups excluding carboxylic acids is 2. The molecule has 0 saturated heterocycles. The molecule has 1 heterocycles. The van der Waals surface area contributed by atoms with Crippen LogP contribution >= 0.6 is 0 Å². The minimum atomic E-state index is -0.335. The zero-order chi connectivity index (χ0) is 21.2. The van der Waals surface area contributed by atoms with E-state index in [9.17, 15) is 9.59 Å². The van der Waals surface area contributed by atoms with Gasteiger partial charge in [0.2, 0.25) is 5.91 Å². The molecule has 0 N–H and O–H groups in total. The fourth-order valence-corrected chi connectivity index (χ4v) is 3.36. The Bertz CT molecular complexity index is 935. The second kappa shape index (κ2) is 11.0. The third-order valence-electron chi connectivity index (χ3n) is 4.89. The SMILES string of the molecule is CCOC(=O)CCC(=O)N(Cc1ccccc1)Cc1cccn1Cc1ccccc1. The molecule has 0 radical (unpaired) electrons. The summed E-state index contributed by atoms with van der Waals surface area (Å²) in [6.45, 7) is 3.82. The summed E-state index contributed by atoms with van der Waals surface area (Å²) in [5.41, 5.74) is 3.32. The number of amides is 1. The Balaban J connectivity index is 1.73. The van der Waals surface area contributed by atoms with Gasteiger partial charge in [0.1, 0.15) is 0 Å². The number of carbonyl (C=O) groups is 2. The van der Waals surface area contributed by atoms with Crippen molar-refractivity contribution in [2.24, 2.45) is 0 Å². The van der Waals surface area contributed by atoms with Crippen LogP contribution in [0.3, 0.4) is 0 Å². The fourth-order valence-electron chi connectivity index (χ4n) is 3.36. The Kier molecular flexibility index (Phi) is 7.84. The van der Waals surface area contributed by atoms with Crippen molar-refractivity contribution in [1.82, 2.24) is 9.47 Å². The third-order valence-corrected chi connectivity index (χ3v) is 4.89. The summed E-state index contributed by atoms with van der Waals surface area (Å²) < 4.78 is 7.13. The van der Waals surface area contributed by atoms with Gasteiger partial charge in [-0.25, -0.2) is 0 Å². The summed E-state index contributed by atoms with van der Waals surface area (Å²) in [6, 6.07) is 24.2. The van der Waals surface area contributed by atoms with E-state index in [-0.39, 0.29) is 24.7 Å². The summed E-state index contributed by atoms with van der Waals surface area (Å²) in [6.07, 6.45) is 2.28. The van der Waals surface area contributed by atoms with Crippen molar-refractivity contribution in [2.75, 3.05) is 6.61 Å². The van der Waals surface area contributed by atoms with Crippen LogP contribution in [-0.4, -0.2) is 28.0 Å². The summed E-state index contributed by atoms with van der Waals surface area (Å²) in [5.74, 6) is -0.391. The summed E-state index contributed by atoms with van der Waals surface area (Å²) in [5, 5.41) is 0. The molecule has 156 valence electrons. The third kappa shape index (κ3) is 6.34. The van der Waals surface area contributed by atoms with E-state index in [1.165, 1.54) is 5.56 Å². The Morgan fingerprint density at radius 2 is 1.50 bits per heavy atom. The zero-order valence-electron chi connectivity index (χ0n) is 17.4.